The number of anilines is 2. The third kappa shape index (κ3) is 2.85. The van der Waals surface area contributed by atoms with Crippen molar-refractivity contribution >= 4 is 44.6 Å². The Labute approximate surface area is 158 Å². The number of nitrogens with zero attached hydrogens (tertiary/aromatic N) is 5. The third-order valence-corrected chi connectivity index (χ3v) is 4.98. The Morgan fingerprint density at radius 2 is 2.07 bits per heavy atom. The molecule has 0 spiro atoms. The van der Waals surface area contributed by atoms with Crippen molar-refractivity contribution < 1.29 is 5.11 Å². The van der Waals surface area contributed by atoms with Gasteiger partial charge in [-0.15, -0.1) is 11.3 Å². The molecule has 0 radical (unpaired) electrons. The summed E-state index contributed by atoms with van der Waals surface area (Å²) in [7, 11) is 0. The van der Waals surface area contributed by atoms with E-state index in [1.165, 1.54) is 6.33 Å². The molecule has 27 heavy (non-hydrogen) atoms. The first-order chi connectivity index (χ1) is 13.3. The molecule has 5 aromatic rings. The van der Waals surface area contributed by atoms with E-state index in [-0.39, 0.29) is 5.75 Å². The van der Waals surface area contributed by atoms with E-state index in [1.807, 2.05) is 46.0 Å². The second kappa shape index (κ2) is 6.33. The van der Waals surface area contributed by atoms with E-state index in [1.54, 1.807) is 23.5 Å². The highest BCUT2D eigenvalue weighted by Crippen LogP contribution is 2.31. The number of fused-ring (bicyclic) bond motifs is 2. The van der Waals surface area contributed by atoms with Gasteiger partial charge in [-0.1, -0.05) is 6.07 Å². The van der Waals surface area contributed by atoms with Crippen LogP contribution in [0.15, 0.2) is 59.8 Å². The molecule has 0 fully saturated rings. The van der Waals surface area contributed by atoms with Crippen LogP contribution in [0.1, 0.15) is 5.69 Å². The molecule has 2 N–H and O–H groups in total. The van der Waals surface area contributed by atoms with E-state index in [2.05, 4.69) is 25.4 Å². The highest BCUT2D eigenvalue weighted by molar-refractivity contribution is 7.07. The molecule has 0 aliphatic rings. The smallest absolute Gasteiger partial charge is 0.145 e. The van der Waals surface area contributed by atoms with E-state index >= 15 is 0 Å². The number of hydrogen-bond donors (Lipinski definition) is 2. The van der Waals surface area contributed by atoms with Crippen molar-refractivity contribution in [3.8, 4) is 5.75 Å². The highest BCUT2D eigenvalue weighted by Gasteiger charge is 2.10. The molecule has 8 heteroatoms. The van der Waals surface area contributed by atoms with E-state index in [0.29, 0.717) is 23.3 Å². The monoisotopic (exact) mass is 374 g/mol. The van der Waals surface area contributed by atoms with Gasteiger partial charge in [0, 0.05) is 16.5 Å². The average molecular weight is 374 g/mol. The third-order valence-electron chi connectivity index (χ3n) is 4.34. The summed E-state index contributed by atoms with van der Waals surface area (Å²) in [6.45, 7) is 0.643. The maximum absolute atomic E-state index is 10.2. The van der Waals surface area contributed by atoms with Gasteiger partial charge in [0.05, 0.1) is 40.4 Å². The average Bonchev–Trinajstić information content (AvgIpc) is 3.32. The Balaban J connectivity index is 1.50. The van der Waals surface area contributed by atoms with Gasteiger partial charge in [-0.05, 0) is 30.3 Å². The minimum absolute atomic E-state index is 0.146. The van der Waals surface area contributed by atoms with Crippen LogP contribution in [-0.2, 0) is 6.54 Å². The number of phenolic OH excluding ortho intramolecular Hbond substituents is 1. The fourth-order valence-corrected chi connectivity index (χ4v) is 3.63. The Morgan fingerprint density at radius 1 is 1.11 bits per heavy atom. The van der Waals surface area contributed by atoms with Crippen LogP contribution < -0.4 is 5.32 Å². The van der Waals surface area contributed by atoms with Crippen molar-refractivity contribution in [1.82, 2.24) is 24.7 Å². The molecule has 7 nitrogen and oxygen atoms in total. The van der Waals surface area contributed by atoms with Crippen LogP contribution >= 0.6 is 11.3 Å². The van der Waals surface area contributed by atoms with Gasteiger partial charge >= 0.3 is 0 Å². The van der Waals surface area contributed by atoms with Crippen LogP contribution in [0.4, 0.5) is 11.5 Å². The number of thiazole rings is 1. The standard InChI is InChI=1S/C19H14N6OS/c26-17-3-1-2-15-18(17)19(21-10-20-15)24-13-4-5-16-12(6-13)7-23-25(16)8-14-9-27-11-22-14/h1-7,9-11,26H,8H2,(H,20,21,24). The summed E-state index contributed by atoms with van der Waals surface area (Å²) in [5, 5.41) is 21.6. The molecule has 0 atom stereocenters. The van der Waals surface area contributed by atoms with Gasteiger partial charge in [0.25, 0.3) is 0 Å². The zero-order valence-electron chi connectivity index (χ0n) is 14.1. The van der Waals surface area contributed by atoms with Gasteiger partial charge in [-0.2, -0.15) is 5.10 Å². The van der Waals surface area contributed by atoms with Gasteiger partial charge in [-0.3, -0.25) is 4.68 Å². The van der Waals surface area contributed by atoms with Gasteiger partial charge in [0.15, 0.2) is 0 Å². The number of aromatic nitrogens is 5. The fourth-order valence-electron chi connectivity index (χ4n) is 3.08. The maximum Gasteiger partial charge on any atom is 0.145 e. The molecule has 0 aliphatic heterocycles. The predicted molar refractivity (Wildman–Crippen MR) is 105 cm³/mol. The molecule has 0 bridgehead atoms. The number of benzene rings is 2. The largest absolute Gasteiger partial charge is 0.507 e. The number of nitrogens with one attached hydrogen (secondary N) is 1. The second-order valence-corrected chi connectivity index (χ2v) is 6.79. The molecule has 2 aromatic carbocycles. The van der Waals surface area contributed by atoms with Gasteiger partial charge < -0.3 is 10.4 Å². The van der Waals surface area contributed by atoms with Crippen LogP contribution in [0.5, 0.6) is 5.75 Å². The minimum Gasteiger partial charge on any atom is -0.507 e. The van der Waals surface area contributed by atoms with Crippen LogP contribution in [0.25, 0.3) is 21.8 Å². The summed E-state index contributed by atoms with van der Waals surface area (Å²) in [5.74, 6) is 0.708. The normalized spacial score (nSPS) is 11.3. The number of hydrogen-bond acceptors (Lipinski definition) is 7. The van der Waals surface area contributed by atoms with Gasteiger partial charge in [0.2, 0.25) is 0 Å². The van der Waals surface area contributed by atoms with Crippen molar-refractivity contribution in [1.29, 1.82) is 0 Å². The first-order valence-corrected chi connectivity index (χ1v) is 9.24. The fraction of sp³-hybridized carbons (Fsp3) is 0.0526. The molecule has 5 rings (SSSR count). The van der Waals surface area contributed by atoms with E-state index in [9.17, 15) is 5.11 Å². The Morgan fingerprint density at radius 3 is 2.96 bits per heavy atom. The summed E-state index contributed by atoms with van der Waals surface area (Å²) < 4.78 is 1.93. The summed E-state index contributed by atoms with van der Waals surface area (Å²) in [6, 6.07) is 11.2. The molecule has 0 saturated carbocycles. The SMILES string of the molecule is Oc1cccc2ncnc(Nc3ccc4c(cnn4Cc4cscn4)c3)c12. The Hall–Kier alpha value is -3.52. The minimum atomic E-state index is 0.146. The topological polar surface area (TPSA) is 88.8 Å². The first-order valence-electron chi connectivity index (χ1n) is 8.30. The van der Waals surface area contributed by atoms with Crippen molar-refractivity contribution in [2.45, 2.75) is 6.54 Å². The van der Waals surface area contributed by atoms with Crippen molar-refractivity contribution in [3.63, 3.8) is 0 Å². The van der Waals surface area contributed by atoms with E-state index in [0.717, 1.165) is 22.3 Å². The quantitative estimate of drug-likeness (QED) is 0.495. The molecule has 0 unspecified atom stereocenters. The second-order valence-electron chi connectivity index (χ2n) is 6.07. The lowest BCUT2D eigenvalue weighted by molar-refractivity contribution is 0.481. The van der Waals surface area contributed by atoms with Crippen molar-refractivity contribution in [2.24, 2.45) is 0 Å². The van der Waals surface area contributed by atoms with Crippen molar-refractivity contribution in [2.75, 3.05) is 5.32 Å². The van der Waals surface area contributed by atoms with E-state index < -0.39 is 0 Å². The van der Waals surface area contributed by atoms with Crippen molar-refractivity contribution in [3.05, 3.63) is 65.5 Å². The highest BCUT2D eigenvalue weighted by atomic mass is 32.1. The Kier molecular flexibility index (Phi) is 3.68. The molecule has 0 amide bonds. The summed E-state index contributed by atoms with van der Waals surface area (Å²) >= 11 is 1.58. The molecule has 0 saturated heterocycles. The lowest BCUT2D eigenvalue weighted by Crippen LogP contribution is -2.01. The molecular weight excluding hydrogens is 360 g/mol. The zero-order chi connectivity index (χ0) is 18.2. The van der Waals surface area contributed by atoms with E-state index in [4.69, 9.17) is 0 Å². The predicted octanol–water partition coefficient (Wildman–Crippen LogP) is 3.93. The summed E-state index contributed by atoms with van der Waals surface area (Å²) in [5.41, 5.74) is 5.40. The summed E-state index contributed by atoms with van der Waals surface area (Å²) in [4.78, 5) is 12.8. The van der Waals surface area contributed by atoms with Gasteiger partial charge in [0.1, 0.15) is 17.9 Å². The number of aromatic hydroxyl groups is 1. The number of rotatable bonds is 4. The Bertz CT molecular complexity index is 1240. The van der Waals surface area contributed by atoms with Crippen LogP contribution in [0.3, 0.4) is 0 Å². The lowest BCUT2D eigenvalue weighted by Gasteiger charge is -2.10. The molecule has 3 heterocycles. The number of phenols is 1. The first kappa shape index (κ1) is 15.7. The van der Waals surface area contributed by atoms with Crippen LogP contribution in [0.2, 0.25) is 0 Å². The van der Waals surface area contributed by atoms with Crippen LogP contribution in [-0.4, -0.2) is 29.8 Å². The molecule has 3 aromatic heterocycles. The maximum atomic E-state index is 10.2. The lowest BCUT2D eigenvalue weighted by atomic mass is 10.2. The zero-order valence-corrected chi connectivity index (χ0v) is 14.9. The van der Waals surface area contributed by atoms with Gasteiger partial charge in [-0.25, -0.2) is 15.0 Å². The molecule has 132 valence electrons. The molecule has 0 aliphatic carbocycles. The molecular formula is C19H14N6OS. The van der Waals surface area contributed by atoms with Crippen LogP contribution in [0, 0.1) is 0 Å². The summed E-state index contributed by atoms with van der Waals surface area (Å²) in [6.07, 6.45) is 3.32.